The summed E-state index contributed by atoms with van der Waals surface area (Å²) in [6.45, 7) is 1.91. The van der Waals surface area contributed by atoms with Gasteiger partial charge in [-0.15, -0.1) is 0 Å². The van der Waals surface area contributed by atoms with E-state index in [0.29, 0.717) is 6.29 Å². The van der Waals surface area contributed by atoms with Crippen LogP contribution in [0, 0.1) is 17.7 Å². The molecule has 0 atom stereocenters. The Morgan fingerprint density at radius 1 is 1.53 bits per heavy atom. The van der Waals surface area contributed by atoms with E-state index in [-0.39, 0.29) is 24.2 Å². The lowest BCUT2D eigenvalue weighted by molar-refractivity contribution is -0.107. The first-order chi connectivity index (χ1) is 8.19. The van der Waals surface area contributed by atoms with E-state index >= 15 is 0 Å². The fourth-order valence-corrected chi connectivity index (χ4v) is 1.19. The van der Waals surface area contributed by atoms with Crippen LogP contribution in [0.3, 0.4) is 0 Å². The Kier molecular flexibility index (Phi) is 4.89. The second kappa shape index (κ2) is 6.44. The minimum Gasteiger partial charge on any atom is -0.462 e. The van der Waals surface area contributed by atoms with Crippen LogP contribution >= 0.6 is 0 Å². The van der Waals surface area contributed by atoms with Crippen molar-refractivity contribution in [1.82, 2.24) is 0 Å². The molecular weight excluding hydrogens is 223 g/mol. The molecule has 4 heteroatoms. The summed E-state index contributed by atoms with van der Waals surface area (Å²) < 4.78 is 17.8. The lowest BCUT2D eigenvalue weighted by Gasteiger charge is -2.04. The van der Waals surface area contributed by atoms with Gasteiger partial charge < -0.3 is 9.53 Å². The van der Waals surface area contributed by atoms with Crippen molar-refractivity contribution in [3.63, 3.8) is 0 Å². The molecular formula is C13H11FO3. The van der Waals surface area contributed by atoms with Crippen LogP contribution in [0.2, 0.25) is 0 Å². The van der Waals surface area contributed by atoms with E-state index in [1.807, 2.05) is 0 Å². The zero-order chi connectivity index (χ0) is 12.7. The van der Waals surface area contributed by atoms with Crippen LogP contribution in [0.15, 0.2) is 18.2 Å². The Hall–Kier alpha value is -2.15. The van der Waals surface area contributed by atoms with Crippen LogP contribution < -0.4 is 0 Å². The first-order valence-electron chi connectivity index (χ1n) is 5.08. The van der Waals surface area contributed by atoms with Gasteiger partial charge >= 0.3 is 5.97 Å². The SMILES string of the molecule is CCOC(=O)c1ccc(F)cc1C#CCC=O. The van der Waals surface area contributed by atoms with Crippen molar-refractivity contribution in [3.8, 4) is 11.8 Å². The molecule has 1 aromatic rings. The zero-order valence-corrected chi connectivity index (χ0v) is 9.33. The van der Waals surface area contributed by atoms with E-state index in [1.54, 1.807) is 6.92 Å². The normalized spacial score (nSPS) is 9.06. The van der Waals surface area contributed by atoms with Gasteiger partial charge in [-0.1, -0.05) is 11.8 Å². The van der Waals surface area contributed by atoms with Gasteiger partial charge in [0.15, 0.2) is 0 Å². The third-order valence-corrected chi connectivity index (χ3v) is 1.89. The molecule has 0 spiro atoms. The highest BCUT2D eigenvalue weighted by Gasteiger charge is 2.11. The van der Waals surface area contributed by atoms with Crippen molar-refractivity contribution in [2.24, 2.45) is 0 Å². The second-order valence-electron chi connectivity index (χ2n) is 3.08. The number of ether oxygens (including phenoxy) is 1. The lowest BCUT2D eigenvalue weighted by atomic mass is 10.1. The predicted octanol–water partition coefficient (Wildman–Crippen LogP) is 1.94. The molecule has 1 aromatic carbocycles. The second-order valence-corrected chi connectivity index (χ2v) is 3.08. The summed E-state index contributed by atoms with van der Waals surface area (Å²) in [7, 11) is 0. The van der Waals surface area contributed by atoms with Gasteiger partial charge in [-0.05, 0) is 25.1 Å². The molecule has 1 rings (SSSR count). The minimum absolute atomic E-state index is 0.0405. The van der Waals surface area contributed by atoms with Crippen molar-refractivity contribution >= 4 is 12.3 Å². The number of benzene rings is 1. The van der Waals surface area contributed by atoms with E-state index in [9.17, 15) is 14.0 Å². The number of halogens is 1. The van der Waals surface area contributed by atoms with Crippen LogP contribution in [0.5, 0.6) is 0 Å². The molecule has 0 aliphatic heterocycles. The molecule has 0 aliphatic carbocycles. The van der Waals surface area contributed by atoms with Gasteiger partial charge in [0.2, 0.25) is 0 Å². The number of carbonyl (C=O) groups excluding carboxylic acids is 2. The van der Waals surface area contributed by atoms with E-state index in [4.69, 9.17) is 4.74 Å². The molecule has 0 saturated heterocycles. The molecule has 0 saturated carbocycles. The summed E-state index contributed by atoms with van der Waals surface area (Å²) in [5.74, 6) is 4.05. The Morgan fingerprint density at radius 2 is 2.29 bits per heavy atom. The van der Waals surface area contributed by atoms with Crippen LogP contribution in [0.25, 0.3) is 0 Å². The monoisotopic (exact) mass is 234 g/mol. The topological polar surface area (TPSA) is 43.4 Å². The van der Waals surface area contributed by atoms with Crippen molar-refractivity contribution in [2.45, 2.75) is 13.3 Å². The summed E-state index contributed by atoms with van der Waals surface area (Å²) in [5.41, 5.74) is 0.428. The highest BCUT2D eigenvalue weighted by Crippen LogP contribution is 2.11. The first-order valence-corrected chi connectivity index (χ1v) is 5.08. The molecule has 88 valence electrons. The molecule has 0 fully saturated rings. The number of aldehydes is 1. The standard InChI is InChI=1S/C13H11FO3/c1-2-17-13(16)12-7-6-11(14)9-10(12)5-3-4-8-15/h6-9H,2,4H2,1H3. The Morgan fingerprint density at radius 3 is 2.94 bits per heavy atom. The maximum absolute atomic E-state index is 13.0. The molecule has 0 aromatic heterocycles. The van der Waals surface area contributed by atoms with Gasteiger partial charge in [0.05, 0.1) is 18.6 Å². The van der Waals surface area contributed by atoms with E-state index in [2.05, 4.69) is 11.8 Å². The molecule has 0 amide bonds. The molecule has 17 heavy (non-hydrogen) atoms. The fourth-order valence-electron chi connectivity index (χ4n) is 1.19. The molecule has 0 heterocycles. The van der Waals surface area contributed by atoms with Gasteiger partial charge in [-0.3, -0.25) is 0 Å². The van der Waals surface area contributed by atoms with Gasteiger partial charge in [0.25, 0.3) is 0 Å². The average Bonchev–Trinajstić information content (AvgIpc) is 2.30. The van der Waals surface area contributed by atoms with E-state index in [0.717, 1.165) is 12.1 Å². The Balaban J connectivity index is 3.08. The fraction of sp³-hybridized carbons (Fsp3) is 0.231. The summed E-state index contributed by atoms with van der Waals surface area (Å²) >= 11 is 0. The van der Waals surface area contributed by atoms with Crippen LogP contribution in [-0.4, -0.2) is 18.9 Å². The molecule has 3 nitrogen and oxygen atoms in total. The van der Waals surface area contributed by atoms with Gasteiger partial charge in [-0.25, -0.2) is 9.18 Å². The lowest BCUT2D eigenvalue weighted by Crippen LogP contribution is -2.07. The van der Waals surface area contributed by atoms with Crippen LogP contribution in [-0.2, 0) is 9.53 Å². The quantitative estimate of drug-likeness (QED) is 0.456. The summed E-state index contributed by atoms with van der Waals surface area (Å²) in [6, 6.07) is 3.62. The highest BCUT2D eigenvalue weighted by molar-refractivity contribution is 5.92. The first kappa shape index (κ1) is 12.9. The maximum Gasteiger partial charge on any atom is 0.339 e. The van der Waals surface area contributed by atoms with Gasteiger partial charge in [-0.2, -0.15) is 0 Å². The number of hydrogen-bond acceptors (Lipinski definition) is 3. The zero-order valence-electron chi connectivity index (χ0n) is 9.33. The molecule has 0 N–H and O–H groups in total. The average molecular weight is 234 g/mol. The van der Waals surface area contributed by atoms with Crippen LogP contribution in [0.4, 0.5) is 4.39 Å². The van der Waals surface area contributed by atoms with Crippen molar-refractivity contribution < 1.29 is 18.7 Å². The Bertz CT molecular complexity index is 483. The largest absolute Gasteiger partial charge is 0.462 e. The number of rotatable bonds is 3. The van der Waals surface area contributed by atoms with Crippen LogP contribution in [0.1, 0.15) is 29.3 Å². The Labute approximate surface area is 98.6 Å². The molecule has 0 unspecified atom stereocenters. The summed E-state index contributed by atoms with van der Waals surface area (Å²) in [6.07, 6.45) is 0.676. The van der Waals surface area contributed by atoms with E-state index in [1.165, 1.54) is 6.07 Å². The molecule has 0 aliphatic rings. The minimum atomic E-state index is -0.553. The predicted molar refractivity (Wildman–Crippen MR) is 59.9 cm³/mol. The number of carbonyl (C=O) groups is 2. The van der Waals surface area contributed by atoms with E-state index < -0.39 is 11.8 Å². The van der Waals surface area contributed by atoms with Crippen molar-refractivity contribution in [2.75, 3.05) is 6.61 Å². The number of hydrogen-bond donors (Lipinski definition) is 0. The third kappa shape index (κ3) is 3.72. The van der Waals surface area contributed by atoms with Crippen molar-refractivity contribution in [1.29, 1.82) is 0 Å². The third-order valence-electron chi connectivity index (χ3n) is 1.89. The summed E-state index contributed by atoms with van der Waals surface area (Å²) in [4.78, 5) is 21.6. The summed E-state index contributed by atoms with van der Waals surface area (Å²) in [5, 5.41) is 0. The molecule has 0 radical (unpaired) electrons. The van der Waals surface area contributed by atoms with Gasteiger partial charge in [0.1, 0.15) is 12.1 Å². The molecule has 0 bridgehead atoms. The highest BCUT2D eigenvalue weighted by atomic mass is 19.1. The van der Waals surface area contributed by atoms with Crippen molar-refractivity contribution in [3.05, 3.63) is 35.1 Å². The smallest absolute Gasteiger partial charge is 0.339 e. The number of esters is 1. The van der Waals surface area contributed by atoms with Gasteiger partial charge in [0, 0.05) is 5.56 Å². The maximum atomic E-state index is 13.0.